The highest BCUT2D eigenvalue weighted by molar-refractivity contribution is 9.10. The van der Waals surface area contributed by atoms with E-state index in [9.17, 15) is 4.79 Å². The van der Waals surface area contributed by atoms with Gasteiger partial charge in [-0.15, -0.1) is 0 Å². The molecular formula is C16H23BrN2O. The molecule has 2 rings (SSSR count). The zero-order valence-electron chi connectivity index (χ0n) is 12.5. The predicted molar refractivity (Wildman–Crippen MR) is 87.1 cm³/mol. The normalized spacial score (nSPS) is 17.2. The minimum Gasteiger partial charge on any atom is -0.325 e. The monoisotopic (exact) mass is 338 g/mol. The lowest BCUT2D eigenvalue weighted by atomic mass is 9.99. The zero-order chi connectivity index (χ0) is 14.7. The van der Waals surface area contributed by atoms with Gasteiger partial charge in [0.05, 0.1) is 6.54 Å². The number of carbonyl (C=O) groups is 1. The molecule has 1 amide bonds. The second-order valence-electron chi connectivity index (χ2n) is 5.85. The van der Waals surface area contributed by atoms with Gasteiger partial charge in [0.2, 0.25) is 5.91 Å². The summed E-state index contributed by atoms with van der Waals surface area (Å²) in [4.78, 5) is 14.4. The first-order valence-electron chi connectivity index (χ1n) is 7.25. The lowest BCUT2D eigenvalue weighted by Gasteiger charge is -2.29. The minimum atomic E-state index is 0.0874. The van der Waals surface area contributed by atoms with Gasteiger partial charge in [-0.25, -0.2) is 0 Å². The van der Waals surface area contributed by atoms with Gasteiger partial charge in [0.15, 0.2) is 0 Å². The van der Waals surface area contributed by atoms with E-state index < -0.39 is 0 Å². The van der Waals surface area contributed by atoms with Crippen LogP contribution in [0.1, 0.15) is 30.9 Å². The number of likely N-dealkylation sites (tertiary alicyclic amines) is 1. The number of nitrogens with one attached hydrogen (secondary N) is 1. The van der Waals surface area contributed by atoms with Crippen molar-refractivity contribution in [3.63, 3.8) is 0 Å². The van der Waals surface area contributed by atoms with Crippen LogP contribution in [-0.2, 0) is 4.79 Å². The summed E-state index contributed by atoms with van der Waals surface area (Å²) in [6.07, 6.45) is 2.40. The van der Waals surface area contributed by atoms with Crippen LogP contribution in [-0.4, -0.2) is 30.4 Å². The van der Waals surface area contributed by atoms with Crippen molar-refractivity contribution in [1.82, 2.24) is 4.90 Å². The molecule has 1 N–H and O–H groups in total. The molecule has 1 saturated heterocycles. The third-order valence-electron chi connectivity index (χ3n) is 4.24. The molecule has 1 fully saturated rings. The molecule has 0 aliphatic carbocycles. The number of hydrogen-bond donors (Lipinski definition) is 1. The first-order valence-corrected chi connectivity index (χ1v) is 8.04. The number of hydrogen-bond acceptors (Lipinski definition) is 2. The lowest BCUT2D eigenvalue weighted by molar-refractivity contribution is -0.117. The molecule has 1 aliphatic heterocycles. The van der Waals surface area contributed by atoms with Crippen molar-refractivity contribution in [3.8, 4) is 0 Å². The first-order chi connectivity index (χ1) is 9.47. The molecule has 4 heteroatoms. The van der Waals surface area contributed by atoms with Crippen LogP contribution in [0.25, 0.3) is 0 Å². The van der Waals surface area contributed by atoms with E-state index in [4.69, 9.17) is 0 Å². The molecule has 1 aromatic carbocycles. The Balaban J connectivity index is 1.93. The van der Waals surface area contributed by atoms with Crippen LogP contribution >= 0.6 is 15.9 Å². The zero-order valence-corrected chi connectivity index (χ0v) is 14.1. The van der Waals surface area contributed by atoms with Crippen molar-refractivity contribution in [2.45, 2.75) is 33.6 Å². The van der Waals surface area contributed by atoms with Gasteiger partial charge in [-0.1, -0.05) is 22.9 Å². The number of rotatable bonds is 3. The highest BCUT2D eigenvalue weighted by Gasteiger charge is 2.18. The summed E-state index contributed by atoms with van der Waals surface area (Å²) >= 11 is 3.51. The molecule has 1 heterocycles. The van der Waals surface area contributed by atoms with Crippen LogP contribution in [0.4, 0.5) is 5.69 Å². The molecule has 0 saturated carbocycles. The standard InChI is InChI=1S/C16H23BrN2O/c1-11-6-8-19(9-7-11)10-16(20)18-15-5-4-14(17)12(2)13(15)3/h4-5,11H,6-10H2,1-3H3,(H,18,20). The number of amides is 1. The molecule has 0 atom stereocenters. The Kier molecular flexibility index (Phi) is 5.22. The van der Waals surface area contributed by atoms with Crippen molar-refractivity contribution in [2.75, 3.05) is 25.0 Å². The Morgan fingerprint density at radius 2 is 1.95 bits per heavy atom. The fourth-order valence-corrected chi connectivity index (χ4v) is 2.97. The molecule has 0 bridgehead atoms. The van der Waals surface area contributed by atoms with Gasteiger partial charge >= 0.3 is 0 Å². The van der Waals surface area contributed by atoms with Crippen molar-refractivity contribution in [2.24, 2.45) is 5.92 Å². The Hall–Kier alpha value is -0.870. The number of carbonyl (C=O) groups excluding carboxylic acids is 1. The maximum absolute atomic E-state index is 12.1. The Labute approximate surface area is 129 Å². The van der Waals surface area contributed by atoms with E-state index in [1.807, 2.05) is 19.1 Å². The summed E-state index contributed by atoms with van der Waals surface area (Å²) in [5.41, 5.74) is 3.22. The maximum atomic E-state index is 12.1. The number of nitrogens with zero attached hydrogens (tertiary/aromatic N) is 1. The minimum absolute atomic E-state index is 0.0874. The number of anilines is 1. The molecule has 0 unspecified atom stereocenters. The summed E-state index contributed by atoms with van der Waals surface area (Å²) < 4.78 is 1.08. The Morgan fingerprint density at radius 3 is 2.60 bits per heavy atom. The number of piperidine rings is 1. The molecule has 1 aliphatic rings. The molecule has 0 spiro atoms. The van der Waals surface area contributed by atoms with Crippen molar-refractivity contribution >= 4 is 27.5 Å². The molecule has 1 aromatic rings. The Morgan fingerprint density at radius 1 is 1.30 bits per heavy atom. The van der Waals surface area contributed by atoms with E-state index in [0.717, 1.165) is 34.7 Å². The van der Waals surface area contributed by atoms with Gasteiger partial charge < -0.3 is 5.32 Å². The number of benzene rings is 1. The predicted octanol–water partition coefficient (Wildman–Crippen LogP) is 3.74. The van der Waals surface area contributed by atoms with Crippen molar-refractivity contribution in [1.29, 1.82) is 0 Å². The Bertz CT molecular complexity index is 493. The number of halogens is 1. The largest absolute Gasteiger partial charge is 0.325 e. The summed E-state index contributed by atoms with van der Waals surface area (Å²) in [6, 6.07) is 3.95. The van der Waals surface area contributed by atoms with Crippen LogP contribution < -0.4 is 5.32 Å². The first kappa shape index (κ1) is 15.5. The van der Waals surface area contributed by atoms with Gasteiger partial charge in [-0.2, -0.15) is 0 Å². The average Bonchev–Trinajstić information content (AvgIpc) is 2.42. The fraction of sp³-hybridized carbons (Fsp3) is 0.562. The second kappa shape index (κ2) is 6.72. The van der Waals surface area contributed by atoms with Crippen molar-refractivity contribution in [3.05, 3.63) is 27.7 Å². The third kappa shape index (κ3) is 3.83. The van der Waals surface area contributed by atoms with Gasteiger partial charge in [0.1, 0.15) is 0 Å². The SMILES string of the molecule is Cc1c(Br)ccc(NC(=O)CN2CCC(C)CC2)c1C. The van der Waals surface area contributed by atoms with Gasteiger partial charge in [0.25, 0.3) is 0 Å². The van der Waals surface area contributed by atoms with E-state index in [0.29, 0.717) is 6.54 Å². The highest BCUT2D eigenvalue weighted by atomic mass is 79.9. The molecule has 0 radical (unpaired) electrons. The van der Waals surface area contributed by atoms with E-state index in [1.54, 1.807) is 0 Å². The second-order valence-corrected chi connectivity index (χ2v) is 6.71. The van der Waals surface area contributed by atoms with Crippen LogP contribution in [0.2, 0.25) is 0 Å². The average molecular weight is 339 g/mol. The molecule has 110 valence electrons. The molecule has 0 aromatic heterocycles. The topological polar surface area (TPSA) is 32.3 Å². The molecule has 20 heavy (non-hydrogen) atoms. The van der Waals surface area contributed by atoms with E-state index in [-0.39, 0.29) is 5.91 Å². The summed E-state index contributed by atoms with van der Waals surface area (Å²) in [7, 11) is 0. The van der Waals surface area contributed by atoms with E-state index >= 15 is 0 Å². The summed E-state index contributed by atoms with van der Waals surface area (Å²) in [5.74, 6) is 0.884. The van der Waals surface area contributed by atoms with Crippen LogP contribution in [0.3, 0.4) is 0 Å². The van der Waals surface area contributed by atoms with Crippen LogP contribution in [0, 0.1) is 19.8 Å². The molecular weight excluding hydrogens is 316 g/mol. The fourth-order valence-electron chi connectivity index (χ4n) is 2.54. The summed E-state index contributed by atoms with van der Waals surface area (Å²) in [5, 5.41) is 3.04. The summed E-state index contributed by atoms with van der Waals surface area (Å²) in [6.45, 7) is 8.95. The smallest absolute Gasteiger partial charge is 0.238 e. The highest BCUT2D eigenvalue weighted by Crippen LogP contribution is 2.25. The van der Waals surface area contributed by atoms with Gasteiger partial charge in [0, 0.05) is 10.2 Å². The van der Waals surface area contributed by atoms with E-state index in [2.05, 4.69) is 40.0 Å². The van der Waals surface area contributed by atoms with E-state index in [1.165, 1.54) is 18.4 Å². The molecule has 3 nitrogen and oxygen atoms in total. The van der Waals surface area contributed by atoms with Crippen LogP contribution in [0.5, 0.6) is 0 Å². The maximum Gasteiger partial charge on any atom is 0.238 e. The van der Waals surface area contributed by atoms with Crippen molar-refractivity contribution < 1.29 is 4.79 Å². The lowest BCUT2D eigenvalue weighted by Crippen LogP contribution is -2.38. The van der Waals surface area contributed by atoms with Gasteiger partial charge in [-0.3, -0.25) is 9.69 Å². The van der Waals surface area contributed by atoms with Gasteiger partial charge in [-0.05, 0) is 69.0 Å². The van der Waals surface area contributed by atoms with Crippen LogP contribution in [0.15, 0.2) is 16.6 Å². The quantitative estimate of drug-likeness (QED) is 0.910. The third-order valence-corrected chi connectivity index (χ3v) is 5.10.